The van der Waals surface area contributed by atoms with Crippen LogP contribution in [0.15, 0.2) is 28.8 Å². The second-order valence-corrected chi connectivity index (χ2v) is 6.85. The molecule has 3 atom stereocenters. The van der Waals surface area contributed by atoms with Gasteiger partial charge >= 0.3 is 0 Å². The Balaban J connectivity index is 1.56. The topological polar surface area (TPSA) is 75.8 Å². The van der Waals surface area contributed by atoms with Crippen molar-refractivity contribution in [2.75, 3.05) is 13.7 Å². The molecule has 1 N–H and O–H groups in total. The number of carbonyl (C=O) groups excluding carboxylic acids is 1. The Morgan fingerprint density at radius 2 is 2.29 bits per heavy atom. The van der Waals surface area contributed by atoms with Gasteiger partial charge in [0, 0.05) is 19.0 Å². The number of benzene rings is 1. The fourth-order valence-electron chi connectivity index (χ4n) is 4.29. The molecule has 2 aliphatic rings. The molecule has 1 amide bonds. The molecule has 24 heavy (non-hydrogen) atoms. The smallest absolute Gasteiger partial charge is 0.229 e. The number of nitrogens with zero attached hydrogens (tertiary/aromatic N) is 2. The van der Waals surface area contributed by atoms with Crippen molar-refractivity contribution in [1.29, 1.82) is 0 Å². The van der Waals surface area contributed by atoms with Gasteiger partial charge < -0.3 is 19.3 Å². The number of hydrogen-bond donors (Lipinski definition) is 1. The maximum atomic E-state index is 12.9. The van der Waals surface area contributed by atoms with E-state index in [1.807, 2.05) is 29.2 Å². The molecule has 2 aromatic rings. The molecular formula is C18H22N2O4. The normalized spacial score (nSPS) is 29.8. The number of aromatic nitrogens is 1. The zero-order valence-corrected chi connectivity index (χ0v) is 13.8. The number of aliphatic hydroxyl groups excluding tert-OH is 1. The van der Waals surface area contributed by atoms with Gasteiger partial charge in [0.05, 0.1) is 24.2 Å². The average Bonchev–Trinajstić information content (AvgIpc) is 3.17. The summed E-state index contributed by atoms with van der Waals surface area (Å²) in [5.41, 5.74) is 1.06. The highest BCUT2D eigenvalue weighted by molar-refractivity contribution is 5.86. The SMILES string of the molecule is CO[C@]12CC[C@H](O)C[C@H]1N(C(=O)Cc1noc3ccccc13)CC2. The number of carbonyl (C=O) groups is 1. The molecule has 2 fully saturated rings. The van der Waals surface area contributed by atoms with Crippen LogP contribution in [-0.4, -0.2) is 52.5 Å². The quantitative estimate of drug-likeness (QED) is 0.930. The first-order valence-electron chi connectivity index (χ1n) is 8.49. The maximum Gasteiger partial charge on any atom is 0.229 e. The van der Waals surface area contributed by atoms with E-state index in [4.69, 9.17) is 9.26 Å². The number of rotatable bonds is 3. The van der Waals surface area contributed by atoms with Crippen molar-refractivity contribution in [3.8, 4) is 0 Å². The molecule has 0 radical (unpaired) electrons. The highest BCUT2D eigenvalue weighted by Crippen LogP contribution is 2.42. The van der Waals surface area contributed by atoms with Crippen LogP contribution in [0.4, 0.5) is 0 Å². The van der Waals surface area contributed by atoms with Crippen molar-refractivity contribution < 1.29 is 19.2 Å². The number of ether oxygens (including phenoxy) is 1. The predicted octanol–water partition coefficient (Wildman–Crippen LogP) is 1.90. The van der Waals surface area contributed by atoms with Crippen LogP contribution in [0.25, 0.3) is 11.0 Å². The van der Waals surface area contributed by atoms with Crippen LogP contribution >= 0.6 is 0 Å². The van der Waals surface area contributed by atoms with E-state index in [2.05, 4.69) is 5.16 Å². The molecule has 128 valence electrons. The van der Waals surface area contributed by atoms with E-state index in [9.17, 15) is 9.90 Å². The first-order valence-corrected chi connectivity index (χ1v) is 8.49. The van der Waals surface area contributed by atoms with Crippen molar-refractivity contribution in [3.63, 3.8) is 0 Å². The summed E-state index contributed by atoms with van der Waals surface area (Å²) in [5.74, 6) is 0.0204. The highest BCUT2D eigenvalue weighted by atomic mass is 16.5. The Morgan fingerprint density at radius 1 is 1.46 bits per heavy atom. The van der Waals surface area contributed by atoms with Crippen LogP contribution in [0.3, 0.4) is 0 Å². The standard InChI is InChI=1S/C18H22N2O4/c1-23-18-7-6-12(21)10-16(18)20(9-8-18)17(22)11-14-13-4-2-3-5-15(13)24-19-14/h2-5,12,16,21H,6-11H2,1H3/t12-,16+,18-/m0/s1. The lowest BCUT2D eigenvalue weighted by molar-refractivity contribution is -0.139. The van der Waals surface area contributed by atoms with Crippen LogP contribution in [0, 0.1) is 0 Å². The third-order valence-corrected chi connectivity index (χ3v) is 5.65. The highest BCUT2D eigenvalue weighted by Gasteiger charge is 2.52. The summed E-state index contributed by atoms with van der Waals surface area (Å²) in [4.78, 5) is 14.8. The summed E-state index contributed by atoms with van der Waals surface area (Å²) in [7, 11) is 1.71. The fourth-order valence-corrected chi connectivity index (χ4v) is 4.29. The van der Waals surface area contributed by atoms with E-state index in [1.165, 1.54) is 0 Å². The van der Waals surface area contributed by atoms with Crippen LogP contribution in [0.2, 0.25) is 0 Å². The minimum Gasteiger partial charge on any atom is -0.393 e. The lowest BCUT2D eigenvalue weighted by atomic mass is 9.79. The molecule has 1 saturated carbocycles. The van der Waals surface area contributed by atoms with Gasteiger partial charge in [-0.25, -0.2) is 0 Å². The molecule has 0 spiro atoms. The Kier molecular flexibility index (Phi) is 3.81. The minimum absolute atomic E-state index is 0.0204. The molecule has 0 unspecified atom stereocenters. The number of fused-ring (bicyclic) bond motifs is 2. The van der Waals surface area contributed by atoms with Gasteiger partial charge in [0.1, 0.15) is 5.69 Å². The molecule has 1 saturated heterocycles. The lowest BCUT2D eigenvalue weighted by Crippen LogP contribution is -2.53. The van der Waals surface area contributed by atoms with Gasteiger partial charge in [0.15, 0.2) is 5.58 Å². The number of aliphatic hydroxyl groups is 1. The largest absolute Gasteiger partial charge is 0.393 e. The van der Waals surface area contributed by atoms with Crippen molar-refractivity contribution in [3.05, 3.63) is 30.0 Å². The van der Waals surface area contributed by atoms with Gasteiger partial charge in [-0.1, -0.05) is 17.3 Å². The monoisotopic (exact) mass is 330 g/mol. The lowest BCUT2D eigenvalue weighted by Gasteiger charge is -2.42. The number of methoxy groups -OCH3 is 1. The molecule has 4 rings (SSSR count). The number of para-hydroxylation sites is 1. The summed E-state index contributed by atoms with van der Waals surface area (Å²) in [5, 5.41) is 15.0. The third-order valence-electron chi connectivity index (χ3n) is 5.65. The minimum atomic E-state index is -0.362. The molecule has 1 aliphatic heterocycles. The molecule has 2 heterocycles. The molecule has 1 aromatic carbocycles. The number of likely N-dealkylation sites (tertiary alicyclic amines) is 1. The van der Waals surface area contributed by atoms with Crippen LogP contribution < -0.4 is 0 Å². The predicted molar refractivity (Wildman–Crippen MR) is 87.4 cm³/mol. The zero-order chi connectivity index (χ0) is 16.7. The van der Waals surface area contributed by atoms with Gasteiger partial charge in [0.2, 0.25) is 5.91 Å². The van der Waals surface area contributed by atoms with Gasteiger partial charge in [-0.2, -0.15) is 0 Å². The average molecular weight is 330 g/mol. The Hall–Kier alpha value is -1.92. The first-order chi connectivity index (χ1) is 11.6. The second-order valence-electron chi connectivity index (χ2n) is 6.85. The third kappa shape index (κ3) is 2.41. The zero-order valence-electron chi connectivity index (χ0n) is 13.8. The van der Waals surface area contributed by atoms with Crippen LogP contribution in [0.1, 0.15) is 31.4 Å². The van der Waals surface area contributed by atoms with E-state index < -0.39 is 0 Å². The van der Waals surface area contributed by atoms with E-state index in [1.54, 1.807) is 7.11 Å². The van der Waals surface area contributed by atoms with Crippen molar-refractivity contribution >= 4 is 16.9 Å². The van der Waals surface area contributed by atoms with Crippen LogP contribution in [-0.2, 0) is 16.0 Å². The van der Waals surface area contributed by atoms with E-state index in [0.29, 0.717) is 24.2 Å². The molecule has 0 bridgehead atoms. The summed E-state index contributed by atoms with van der Waals surface area (Å²) in [6, 6.07) is 7.51. The van der Waals surface area contributed by atoms with Crippen molar-refractivity contribution in [2.45, 2.75) is 49.9 Å². The van der Waals surface area contributed by atoms with E-state index >= 15 is 0 Å². The molecular weight excluding hydrogens is 308 g/mol. The summed E-state index contributed by atoms with van der Waals surface area (Å²) < 4.78 is 11.1. The number of amides is 1. The summed E-state index contributed by atoms with van der Waals surface area (Å²) >= 11 is 0. The molecule has 6 nitrogen and oxygen atoms in total. The van der Waals surface area contributed by atoms with Gasteiger partial charge in [-0.3, -0.25) is 4.79 Å². The fraction of sp³-hybridized carbons (Fsp3) is 0.556. The summed E-state index contributed by atoms with van der Waals surface area (Å²) in [6.07, 6.45) is 2.79. The van der Waals surface area contributed by atoms with Gasteiger partial charge in [-0.05, 0) is 37.8 Å². The Bertz CT molecular complexity index is 758. The van der Waals surface area contributed by atoms with E-state index in [0.717, 1.165) is 24.6 Å². The number of hydrogen-bond acceptors (Lipinski definition) is 5. The van der Waals surface area contributed by atoms with Crippen LogP contribution in [0.5, 0.6) is 0 Å². The van der Waals surface area contributed by atoms with E-state index in [-0.39, 0.29) is 30.1 Å². The van der Waals surface area contributed by atoms with Gasteiger partial charge in [-0.15, -0.1) is 0 Å². The molecule has 1 aliphatic carbocycles. The second kappa shape index (κ2) is 5.86. The van der Waals surface area contributed by atoms with Gasteiger partial charge in [0.25, 0.3) is 0 Å². The first kappa shape index (κ1) is 15.6. The molecule has 1 aromatic heterocycles. The Morgan fingerprint density at radius 3 is 3.12 bits per heavy atom. The molecule has 6 heteroatoms. The maximum absolute atomic E-state index is 12.9. The Labute approximate surface area is 140 Å². The summed E-state index contributed by atoms with van der Waals surface area (Å²) in [6.45, 7) is 0.667. The van der Waals surface area contributed by atoms with Crippen molar-refractivity contribution in [2.24, 2.45) is 0 Å². The van der Waals surface area contributed by atoms with Crippen molar-refractivity contribution in [1.82, 2.24) is 10.1 Å².